The SMILES string of the molecule is C1=C/C=C\C=C/C=C1.C1=CC2CC1C1C3CC(C21)C1C2C=CC(C2)C31.C1=CC2CC1C1C3CC(C21)C1C2CCC(C2)C31.C1=CC2CC1C1C3CCC(C3)C21.C1=CC2CC1C1CCC3C4C=CC(C4)C3CCC21.C1=CC2CCCC12.C1=CCC/C=C\CC1.C1=CCC1.C1=CCCC1.C1=CCCCCCC1.CC1CC(C)C(C2CC3C=CC2C3)C1.CCC1CC(C2CC3C=CC2C3)CC1C.COc1ccc(OC)c2c1C1C=CC2C1. The fourth-order valence-corrected chi connectivity index (χ4v) is 44.3. The summed E-state index contributed by atoms with van der Waals surface area (Å²) < 4.78 is 10.8. The number of rotatable bonds is 5. The lowest BCUT2D eigenvalue weighted by atomic mass is 9.61. The van der Waals surface area contributed by atoms with E-state index in [1.165, 1.54) is 252 Å². The first-order chi connectivity index (χ1) is 73.0. The van der Waals surface area contributed by atoms with Crippen LogP contribution in [0.1, 0.15) is 346 Å². The van der Waals surface area contributed by atoms with E-state index in [9.17, 15) is 0 Å². The number of fused-ring (bicyclic) bond motifs is 61. The van der Waals surface area contributed by atoms with Crippen LogP contribution in [0, 0.1) is 284 Å². The van der Waals surface area contributed by atoms with Crippen molar-refractivity contribution in [1.29, 1.82) is 0 Å². The first-order valence-corrected chi connectivity index (χ1v) is 65.0. The number of methoxy groups -OCH3 is 2. The van der Waals surface area contributed by atoms with Gasteiger partial charge in [-0.2, -0.15) is 0 Å². The Kier molecular flexibility index (Phi) is 32.0. The number of ether oxygens (including phenoxy) is 2. The summed E-state index contributed by atoms with van der Waals surface area (Å²) in [6, 6.07) is 4.01. The van der Waals surface area contributed by atoms with Gasteiger partial charge in [0.15, 0.2) is 0 Å². The van der Waals surface area contributed by atoms with Crippen LogP contribution in [0.2, 0.25) is 0 Å². The summed E-state index contributed by atoms with van der Waals surface area (Å²) in [6.45, 7) is 9.80. The molecule has 20 saturated carbocycles. The van der Waals surface area contributed by atoms with Crippen LogP contribution in [0.3, 0.4) is 0 Å². The van der Waals surface area contributed by atoms with Gasteiger partial charge in [-0.15, -0.1) is 0 Å². The molecule has 48 unspecified atom stereocenters. The minimum atomic E-state index is 0.537. The van der Waals surface area contributed by atoms with Crippen molar-refractivity contribution >= 4 is 0 Å². The summed E-state index contributed by atoms with van der Waals surface area (Å²) in [5.74, 6) is 54.5. The lowest BCUT2D eigenvalue weighted by Gasteiger charge is -2.44. The average Bonchev–Trinajstić information content (AvgIpc) is 1.51. The van der Waals surface area contributed by atoms with Gasteiger partial charge in [-0.25, -0.2) is 0 Å². The summed E-state index contributed by atoms with van der Waals surface area (Å²) in [6.07, 6.45) is 156. The van der Waals surface area contributed by atoms with Crippen LogP contribution >= 0.6 is 0 Å². The van der Waals surface area contributed by atoms with E-state index in [-0.39, 0.29) is 0 Å². The van der Waals surface area contributed by atoms with Crippen molar-refractivity contribution in [2.24, 2.45) is 284 Å². The summed E-state index contributed by atoms with van der Waals surface area (Å²) >= 11 is 0. The van der Waals surface area contributed by atoms with E-state index in [1.807, 2.05) is 60.7 Å². The van der Waals surface area contributed by atoms with Gasteiger partial charge >= 0.3 is 0 Å². The lowest BCUT2D eigenvalue weighted by Crippen LogP contribution is -2.39. The van der Waals surface area contributed by atoms with Gasteiger partial charge < -0.3 is 9.47 Å². The molecule has 0 amide bonds. The molecule has 0 aromatic heterocycles. The van der Waals surface area contributed by atoms with E-state index < -0.39 is 0 Å². The van der Waals surface area contributed by atoms with E-state index in [0.717, 1.165) is 260 Å². The molecule has 20 fully saturated rings. The highest BCUT2D eigenvalue weighted by Crippen LogP contribution is 2.78. The molecule has 2 heteroatoms. The minimum Gasteiger partial charge on any atom is -0.496 e. The van der Waals surface area contributed by atoms with Crippen LogP contribution in [0.5, 0.6) is 11.5 Å². The molecule has 0 saturated heterocycles. The number of hydrogen-bond donors (Lipinski definition) is 0. The van der Waals surface area contributed by atoms with Gasteiger partial charge in [0.2, 0.25) is 0 Å². The van der Waals surface area contributed by atoms with Crippen LogP contribution in [0.25, 0.3) is 0 Å². The molecule has 0 spiro atoms. The van der Waals surface area contributed by atoms with E-state index in [1.54, 1.807) is 104 Å². The summed E-state index contributed by atoms with van der Waals surface area (Å²) in [5.41, 5.74) is 2.67. The molecule has 796 valence electrons. The van der Waals surface area contributed by atoms with Gasteiger partial charge in [-0.05, 0) is 566 Å². The molecule has 36 aliphatic rings. The molecule has 1 aromatic rings. The number of allylic oxidation sites excluding steroid dienone is 38. The van der Waals surface area contributed by atoms with Crippen molar-refractivity contribution in [3.63, 3.8) is 0 Å². The normalized spacial score (nSPS) is 49.4. The highest BCUT2D eigenvalue weighted by Gasteiger charge is 2.71. The predicted octanol–water partition coefficient (Wildman–Crippen LogP) is 38.4. The molecule has 2 nitrogen and oxygen atoms in total. The summed E-state index contributed by atoms with van der Waals surface area (Å²) in [7, 11) is 3.47. The third kappa shape index (κ3) is 20.6. The van der Waals surface area contributed by atoms with Crippen LogP contribution in [0.15, 0.2) is 243 Å². The Bertz CT molecular complexity index is 4890. The largest absolute Gasteiger partial charge is 0.496 e. The highest BCUT2D eigenvalue weighted by atomic mass is 16.5. The fraction of sp³-hybridized carbons (Fsp3) is 0.699. The Hall–Kier alpha value is -6.12. The lowest BCUT2D eigenvalue weighted by molar-refractivity contribution is 0.0505. The van der Waals surface area contributed by atoms with Crippen molar-refractivity contribution in [1.82, 2.24) is 0 Å². The van der Waals surface area contributed by atoms with E-state index in [2.05, 4.69) is 210 Å². The standard InChI is InChI=1S/C18H24.C17H22.C17H20.C15H24.C14H22.C13H14O2.C12H16.C8H14.C8H12.C8H8.C7H10.C5H8.C4H6/c1-2-12-9-11(1)15-5-6-17-13-3-4-14(10-13)18(17)8-7-16(12)15;2*1-2-9-5-8(1)14-12-7-13(15(9)14)17-11-4-3-10(6-11)16(12)17;1-3-12-9-14(6-10(12)2)15-8-11-4-5-13(15)7-11;1-9-5-10(2)13(6-9)14-8-11-3-4-12(14)7-11;1-14-10-5-6-11(15-2)13-9-4-3-8(7-9)12(10)13;1-2-8-5-7(1)11-9-3-4-10(6-9)12(8)11;3*1-2-4-6-8-7-5-3-1;1-2-6-4-5-7(6)3-1;1-2-4-5-3-1;1-2-4-3-1/h1-4,11-18H,5-10H2;1-2,8-17H,3-7H2;1-4,8-17H,5-7H2;4-5,10-15H,3,6-9H2,1-2H3;3-4,9-14H,5-8H2,1-2H3;3-6,8-9H,7H2,1-2H3;1-2,7-12H,3-6H2;1-2H,3-8H2;1-2,7-8H,3-6H2;1-8H;4-7H,1-3H2;1-2H,3-5H2;1-2H,3-4H2/b;;;;;;;;2-1-,8-7?;2-1-,3-1?,4-2?,5-3-,6-4?,7-5?,8-6?,8-7?;;;. The first kappa shape index (κ1) is 102. The minimum absolute atomic E-state index is 0.537. The van der Waals surface area contributed by atoms with Crippen LogP contribution in [-0.4, -0.2) is 14.2 Å². The topological polar surface area (TPSA) is 18.5 Å². The third-order valence-corrected chi connectivity index (χ3v) is 50.1. The monoisotopic (exact) mass is 1990 g/mol. The molecule has 48 atom stereocenters. The number of hydrogen-bond acceptors (Lipinski definition) is 2. The first-order valence-electron chi connectivity index (χ1n) is 65.0. The molecule has 1 aromatic carbocycles. The molecule has 26 bridgehead atoms. The second-order valence-electron chi connectivity index (χ2n) is 56.9. The van der Waals surface area contributed by atoms with Gasteiger partial charge in [0.25, 0.3) is 0 Å². The second kappa shape index (κ2) is 46.3. The predicted molar refractivity (Wildman–Crippen MR) is 621 cm³/mol. The maximum atomic E-state index is 5.42. The third-order valence-electron chi connectivity index (χ3n) is 50.1. The molecule has 36 aliphatic carbocycles. The smallest absolute Gasteiger partial charge is 0.123 e. The molecule has 0 N–H and O–H groups in total. The van der Waals surface area contributed by atoms with Crippen molar-refractivity contribution in [3.8, 4) is 11.5 Å². The quantitative estimate of drug-likeness (QED) is 0.216. The fourth-order valence-electron chi connectivity index (χ4n) is 44.3. The molecule has 0 radical (unpaired) electrons. The Morgan fingerprint density at radius 3 is 0.851 bits per heavy atom. The summed E-state index contributed by atoms with van der Waals surface area (Å²) in [4.78, 5) is 0. The van der Waals surface area contributed by atoms with E-state index in [0.29, 0.717) is 11.8 Å². The molecule has 37 rings (SSSR count). The average molecular weight is 1990 g/mol. The summed E-state index contributed by atoms with van der Waals surface area (Å²) in [5, 5.41) is 0. The zero-order chi connectivity index (χ0) is 99.4. The van der Waals surface area contributed by atoms with Crippen LogP contribution in [0.4, 0.5) is 0 Å². The van der Waals surface area contributed by atoms with Crippen LogP contribution < -0.4 is 9.47 Å². The molecular weight excluding hydrogens is 1790 g/mol. The molecule has 148 heavy (non-hydrogen) atoms. The van der Waals surface area contributed by atoms with Crippen molar-refractivity contribution in [3.05, 3.63) is 254 Å². The van der Waals surface area contributed by atoms with Gasteiger partial charge in [-0.1, -0.05) is 284 Å². The zero-order valence-corrected chi connectivity index (χ0v) is 93.3. The molecule has 0 heterocycles. The Labute approximate surface area is 902 Å². The van der Waals surface area contributed by atoms with Gasteiger partial charge in [0, 0.05) is 23.0 Å². The number of benzene rings is 1. The maximum absolute atomic E-state index is 5.42. The Morgan fingerprint density at radius 1 is 0.209 bits per heavy atom. The van der Waals surface area contributed by atoms with Gasteiger partial charge in [0.1, 0.15) is 11.5 Å². The van der Waals surface area contributed by atoms with Crippen molar-refractivity contribution < 1.29 is 9.47 Å². The van der Waals surface area contributed by atoms with Gasteiger partial charge in [-0.3, -0.25) is 0 Å². The van der Waals surface area contributed by atoms with Crippen LogP contribution in [-0.2, 0) is 0 Å². The molecule has 0 aliphatic heterocycles. The Balaban J connectivity index is 0.0000000848. The van der Waals surface area contributed by atoms with E-state index in [4.69, 9.17) is 9.47 Å². The maximum Gasteiger partial charge on any atom is 0.123 e. The second-order valence-corrected chi connectivity index (χ2v) is 56.9. The highest BCUT2D eigenvalue weighted by molar-refractivity contribution is 5.60. The van der Waals surface area contributed by atoms with E-state index >= 15 is 0 Å². The van der Waals surface area contributed by atoms with Gasteiger partial charge in [0.05, 0.1) is 14.2 Å². The van der Waals surface area contributed by atoms with Crippen molar-refractivity contribution in [2.75, 3.05) is 14.2 Å². The Morgan fingerprint density at radius 2 is 0.534 bits per heavy atom. The zero-order valence-electron chi connectivity index (χ0n) is 93.3. The van der Waals surface area contributed by atoms with Crippen molar-refractivity contribution in [2.45, 2.75) is 335 Å². The molecular formula is C146H200O2.